The van der Waals surface area contributed by atoms with Crippen molar-refractivity contribution in [3.05, 3.63) is 60.3 Å². The maximum atomic E-state index is 10.7. The van der Waals surface area contributed by atoms with Gasteiger partial charge in [0.05, 0.1) is 25.4 Å². The minimum Gasteiger partial charge on any atom is -0.496 e. The SMILES string of the molecule is COc1ccccc1-c1cn(-c2ccc(CC(=O)O)cc2)nn1. The molecule has 0 saturated heterocycles. The summed E-state index contributed by atoms with van der Waals surface area (Å²) in [6.07, 6.45) is 1.81. The van der Waals surface area contributed by atoms with E-state index in [1.807, 2.05) is 42.6 Å². The Labute approximate surface area is 133 Å². The van der Waals surface area contributed by atoms with E-state index in [-0.39, 0.29) is 6.42 Å². The third-order valence-corrected chi connectivity index (χ3v) is 3.43. The molecule has 2 aromatic carbocycles. The highest BCUT2D eigenvalue weighted by Gasteiger charge is 2.10. The van der Waals surface area contributed by atoms with Crippen molar-refractivity contribution in [3.63, 3.8) is 0 Å². The Balaban J connectivity index is 1.88. The van der Waals surface area contributed by atoms with Crippen LogP contribution in [0.1, 0.15) is 5.56 Å². The van der Waals surface area contributed by atoms with Crippen molar-refractivity contribution < 1.29 is 14.6 Å². The molecule has 1 heterocycles. The molecule has 0 fully saturated rings. The second kappa shape index (κ2) is 6.31. The summed E-state index contributed by atoms with van der Waals surface area (Å²) in [6, 6.07) is 14.8. The lowest BCUT2D eigenvalue weighted by Gasteiger charge is -2.04. The average Bonchev–Trinajstić information content (AvgIpc) is 3.05. The molecule has 0 amide bonds. The molecule has 0 aliphatic heterocycles. The maximum absolute atomic E-state index is 10.7. The number of carboxylic acids is 1. The molecule has 0 unspecified atom stereocenters. The summed E-state index contributed by atoms with van der Waals surface area (Å²) in [7, 11) is 1.62. The summed E-state index contributed by atoms with van der Waals surface area (Å²) >= 11 is 0. The van der Waals surface area contributed by atoms with Crippen molar-refractivity contribution >= 4 is 5.97 Å². The normalized spacial score (nSPS) is 10.5. The Morgan fingerprint density at radius 3 is 2.61 bits per heavy atom. The Morgan fingerprint density at radius 2 is 1.91 bits per heavy atom. The molecule has 23 heavy (non-hydrogen) atoms. The summed E-state index contributed by atoms with van der Waals surface area (Å²) in [5, 5.41) is 17.1. The average molecular weight is 309 g/mol. The first-order chi connectivity index (χ1) is 11.2. The summed E-state index contributed by atoms with van der Waals surface area (Å²) in [4.78, 5) is 10.7. The zero-order valence-electron chi connectivity index (χ0n) is 12.5. The Hall–Kier alpha value is -3.15. The van der Waals surface area contributed by atoms with E-state index in [0.717, 1.165) is 22.6 Å². The third kappa shape index (κ3) is 3.21. The fourth-order valence-electron chi connectivity index (χ4n) is 2.31. The number of methoxy groups -OCH3 is 1. The largest absolute Gasteiger partial charge is 0.496 e. The summed E-state index contributed by atoms with van der Waals surface area (Å²) in [5.41, 5.74) is 3.12. The van der Waals surface area contributed by atoms with Gasteiger partial charge >= 0.3 is 5.97 Å². The predicted octanol–water partition coefficient (Wildman–Crippen LogP) is 2.57. The van der Waals surface area contributed by atoms with Crippen LogP contribution in [0.2, 0.25) is 0 Å². The van der Waals surface area contributed by atoms with Gasteiger partial charge in [-0.15, -0.1) is 5.10 Å². The van der Waals surface area contributed by atoms with Gasteiger partial charge in [0.1, 0.15) is 11.4 Å². The van der Waals surface area contributed by atoms with Crippen LogP contribution in [0.15, 0.2) is 54.7 Å². The number of rotatable bonds is 5. The van der Waals surface area contributed by atoms with E-state index in [1.165, 1.54) is 0 Å². The van der Waals surface area contributed by atoms with Gasteiger partial charge in [-0.25, -0.2) is 4.68 Å². The van der Waals surface area contributed by atoms with Gasteiger partial charge < -0.3 is 9.84 Å². The molecule has 1 N–H and O–H groups in total. The van der Waals surface area contributed by atoms with Gasteiger partial charge in [-0.05, 0) is 29.8 Å². The van der Waals surface area contributed by atoms with E-state index in [9.17, 15) is 4.79 Å². The monoisotopic (exact) mass is 309 g/mol. The Bertz CT molecular complexity index is 825. The molecular weight excluding hydrogens is 294 g/mol. The van der Waals surface area contributed by atoms with Gasteiger partial charge in [0.2, 0.25) is 0 Å². The van der Waals surface area contributed by atoms with E-state index < -0.39 is 5.97 Å². The van der Waals surface area contributed by atoms with Gasteiger partial charge in [0.25, 0.3) is 0 Å². The zero-order valence-corrected chi connectivity index (χ0v) is 12.5. The number of aliphatic carboxylic acids is 1. The first kappa shape index (κ1) is 14.8. The first-order valence-corrected chi connectivity index (χ1v) is 7.04. The van der Waals surface area contributed by atoms with Crippen LogP contribution in [-0.4, -0.2) is 33.2 Å². The van der Waals surface area contributed by atoms with Crippen LogP contribution in [0.4, 0.5) is 0 Å². The maximum Gasteiger partial charge on any atom is 0.307 e. The highest BCUT2D eigenvalue weighted by Crippen LogP contribution is 2.28. The lowest BCUT2D eigenvalue weighted by molar-refractivity contribution is -0.136. The molecule has 0 aliphatic carbocycles. The molecule has 0 atom stereocenters. The molecular formula is C17H15N3O3. The number of para-hydroxylation sites is 1. The molecule has 6 heteroatoms. The molecule has 0 radical (unpaired) electrons. The van der Waals surface area contributed by atoms with E-state index >= 15 is 0 Å². The number of hydrogen-bond donors (Lipinski definition) is 1. The molecule has 116 valence electrons. The van der Waals surface area contributed by atoms with Crippen LogP contribution in [-0.2, 0) is 11.2 Å². The van der Waals surface area contributed by atoms with E-state index in [0.29, 0.717) is 5.69 Å². The first-order valence-electron chi connectivity index (χ1n) is 7.04. The fourth-order valence-corrected chi connectivity index (χ4v) is 2.31. The van der Waals surface area contributed by atoms with Crippen molar-refractivity contribution in [3.8, 4) is 22.7 Å². The summed E-state index contributed by atoms with van der Waals surface area (Å²) in [5.74, 6) is -0.117. The van der Waals surface area contributed by atoms with E-state index in [1.54, 1.807) is 23.9 Å². The van der Waals surface area contributed by atoms with Gasteiger partial charge in [-0.3, -0.25) is 4.79 Å². The number of hydrogen-bond acceptors (Lipinski definition) is 4. The van der Waals surface area contributed by atoms with Crippen LogP contribution in [0, 0.1) is 0 Å². The van der Waals surface area contributed by atoms with E-state index in [4.69, 9.17) is 9.84 Å². The highest BCUT2D eigenvalue weighted by molar-refractivity contribution is 5.70. The molecule has 3 rings (SSSR count). The van der Waals surface area contributed by atoms with Crippen LogP contribution in [0.3, 0.4) is 0 Å². The number of benzene rings is 2. The number of ether oxygens (including phenoxy) is 1. The molecule has 6 nitrogen and oxygen atoms in total. The molecule has 0 aliphatic rings. The van der Waals surface area contributed by atoms with Gasteiger partial charge in [0.15, 0.2) is 0 Å². The summed E-state index contributed by atoms with van der Waals surface area (Å²) < 4.78 is 6.98. The van der Waals surface area contributed by atoms with Crippen molar-refractivity contribution in [1.29, 1.82) is 0 Å². The lowest BCUT2D eigenvalue weighted by Crippen LogP contribution is -2.00. The predicted molar refractivity (Wildman–Crippen MR) is 84.7 cm³/mol. The smallest absolute Gasteiger partial charge is 0.307 e. The van der Waals surface area contributed by atoms with Crippen LogP contribution >= 0.6 is 0 Å². The Kier molecular flexibility index (Phi) is 4.05. The second-order valence-electron chi connectivity index (χ2n) is 4.99. The second-order valence-corrected chi connectivity index (χ2v) is 4.99. The number of carbonyl (C=O) groups is 1. The third-order valence-electron chi connectivity index (χ3n) is 3.43. The zero-order chi connectivity index (χ0) is 16.2. The minimum atomic E-state index is -0.850. The lowest BCUT2D eigenvalue weighted by atomic mass is 10.1. The van der Waals surface area contributed by atoms with Crippen molar-refractivity contribution in [2.45, 2.75) is 6.42 Å². The molecule has 0 saturated carbocycles. The van der Waals surface area contributed by atoms with Crippen LogP contribution in [0.5, 0.6) is 5.75 Å². The van der Waals surface area contributed by atoms with Gasteiger partial charge in [0, 0.05) is 5.56 Å². The van der Waals surface area contributed by atoms with Gasteiger partial charge in [-0.1, -0.05) is 29.5 Å². The highest BCUT2D eigenvalue weighted by atomic mass is 16.5. The van der Waals surface area contributed by atoms with Crippen molar-refractivity contribution in [1.82, 2.24) is 15.0 Å². The van der Waals surface area contributed by atoms with Gasteiger partial charge in [-0.2, -0.15) is 0 Å². The van der Waals surface area contributed by atoms with Crippen LogP contribution < -0.4 is 4.74 Å². The minimum absolute atomic E-state index is 0.00407. The molecule has 3 aromatic rings. The number of aromatic nitrogens is 3. The van der Waals surface area contributed by atoms with Crippen molar-refractivity contribution in [2.75, 3.05) is 7.11 Å². The standard InChI is InChI=1S/C17H15N3O3/c1-23-16-5-3-2-4-14(16)15-11-20(19-18-15)13-8-6-12(7-9-13)10-17(21)22/h2-9,11H,10H2,1H3,(H,21,22). The molecule has 0 bridgehead atoms. The molecule has 0 spiro atoms. The molecule has 1 aromatic heterocycles. The van der Waals surface area contributed by atoms with E-state index in [2.05, 4.69) is 10.3 Å². The fraction of sp³-hybridized carbons (Fsp3) is 0.118. The Morgan fingerprint density at radius 1 is 1.17 bits per heavy atom. The number of carboxylic acid groups (broad SMARTS) is 1. The quantitative estimate of drug-likeness (QED) is 0.784. The topological polar surface area (TPSA) is 77.2 Å². The van der Waals surface area contributed by atoms with Crippen LogP contribution in [0.25, 0.3) is 16.9 Å². The summed E-state index contributed by atoms with van der Waals surface area (Å²) in [6.45, 7) is 0. The van der Waals surface area contributed by atoms with Crippen molar-refractivity contribution in [2.24, 2.45) is 0 Å². The number of nitrogens with zero attached hydrogens (tertiary/aromatic N) is 3.